The molecule has 1 heterocycles. The van der Waals surface area contributed by atoms with E-state index < -0.39 is 11.4 Å². The third-order valence-electron chi connectivity index (χ3n) is 3.79. The normalized spacial score (nSPS) is 20.9. The minimum atomic E-state index is -0.682. The van der Waals surface area contributed by atoms with Crippen LogP contribution in [0, 0.1) is 0 Å². The smallest absolute Gasteiger partial charge is 0.314 e. The molecule has 0 unspecified atom stereocenters. The van der Waals surface area contributed by atoms with Crippen LogP contribution in [0.25, 0.3) is 0 Å². The van der Waals surface area contributed by atoms with E-state index in [9.17, 15) is 9.90 Å². The topological polar surface area (TPSA) is 46.5 Å². The van der Waals surface area contributed by atoms with Crippen molar-refractivity contribution >= 4 is 17.7 Å². The van der Waals surface area contributed by atoms with Crippen molar-refractivity contribution in [3.63, 3.8) is 0 Å². The average Bonchev–Trinajstić information content (AvgIpc) is 2.97. The molecule has 0 amide bonds. The monoisotopic (exact) mass is 250 g/mol. The van der Waals surface area contributed by atoms with Gasteiger partial charge in [-0.1, -0.05) is 30.7 Å². The SMILES string of the molecule is O=C(O)C1(c2ccc3c(c2)SCO3)CCCC1. The fraction of sp³-hybridized carbons (Fsp3) is 0.462. The first-order chi connectivity index (χ1) is 8.22. The molecule has 17 heavy (non-hydrogen) atoms. The molecule has 0 spiro atoms. The van der Waals surface area contributed by atoms with E-state index in [0.717, 1.165) is 41.9 Å². The van der Waals surface area contributed by atoms with Crippen molar-refractivity contribution in [2.45, 2.75) is 36.0 Å². The second kappa shape index (κ2) is 3.95. The van der Waals surface area contributed by atoms with Crippen LogP contribution in [0.4, 0.5) is 0 Å². The van der Waals surface area contributed by atoms with Crippen LogP contribution in [0.15, 0.2) is 23.1 Å². The van der Waals surface area contributed by atoms with Crippen molar-refractivity contribution in [2.75, 3.05) is 5.94 Å². The van der Waals surface area contributed by atoms with Gasteiger partial charge >= 0.3 is 5.97 Å². The second-order valence-corrected chi connectivity index (χ2v) is 5.63. The highest BCUT2D eigenvalue weighted by atomic mass is 32.2. The summed E-state index contributed by atoms with van der Waals surface area (Å²) in [6, 6.07) is 5.84. The molecule has 1 N–H and O–H groups in total. The molecule has 90 valence electrons. The largest absolute Gasteiger partial charge is 0.481 e. The molecule has 3 nitrogen and oxygen atoms in total. The maximum atomic E-state index is 11.6. The molecule has 2 aliphatic rings. The molecule has 1 aromatic rings. The number of thioether (sulfide) groups is 1. The molecule has 0 aromatic heterocycles. The summed E-state index contributed by atoms with van der Waals surface area (Å²) >= 11 is 1.64. The molecule has 0 bridgehead atoms. The zero-order valence-corrected chi connectivity index (χ0v) is 10.3. The predicted molar refractivity (Wildman–Crippen MR) is 65.6 cm³/mol. The Hall–Kier alpha value is -1.16. The van der Waals surface area contributed by atoms with Crippen LogP contribution in [0.2, 0.25) is 0 Å². The average molecular weight is 250 g/mol. The van der Waals surface area contributed by atoms with E-state index >= 15 is 0 Å². The number of fused-ring (bicyclic) bond motifs is 1. The van der Waals surface area contributed by atoms with E-state index in [0.29, 0.717) is 5.94 Å². The molecule has 0 radical (unpaired) electrons. The summed E-state index contributed by atoms with van der Waals surface area (Å²) in [6.07, 6.45) is 3.53. The highest BCUT2D eigenvalue weighted by molar-refractivity contribution is 7.99. The molecule has 1 fully saturated rings. The van der Waals surface area contributed by atoms with Gasteiger partial charge in [0.05, 0.1) is 10.3 Å². The molecule has 0 atom stereocenters. The molecule has 1 aliphatic carbocycles. The summed E-state index contributed by atoms with van der Waals surface area (Å²) in [5.41, 5.74) is 0.289. The molecule has 1 aromatic carbocycles. The maximum absolute atomic E-state index is 11.6. The zero-order chi connectivity index (χ0) is 11.9. The van der Waals surface area contributed by atoms with E-state index in [1.165, 1.54) is 0 Å². The molecular weight excluding hydrogens is 236 g/mol. The van der Waals surface area contributed by atoms with Crippen molar-refractivity contribution in [3.8, 4) is 5.75 Å². The van der Waals surface area contributed by atoms with Gasteiger partial charge in [-0.15, -0.1) is 0 Å². The van der Waals surface area contributed by atoms with Gasteiger partial charge in [0.25, 0.3) is 0 Å². The Morgan fingerprint density at radius 1 is 1.35 bits per heavy atom. The van der Waals surface area contributed by atoms with Crippen LogP contribution in [0.1, 0.15) is 31.2 Å². The van der Waals surface area contributed by atoms with Crippen molar-refractivity contribution in [1.29, 1.82) is 0 Å². The molecule has 4 heteroatoms. The predicted octanol–water partition coefficient (Wildman–Crippen LogP) is 3.03. The Morgan fingerprint density at radius 2 is 2.12 bits per heavy atom. The van der Waals surface area contributed by atoms with Gasteiger partial charge < -0.3 is 9.84 Å². The lowest BCUT2D eigenvalue weighted by Crippen LogP contribution is -2.32. The number of carboxylic acids is 1. The van der Waals surface area contributed by atoms with Gasteiger partial charge in [-0.25, -0.2) is 0 Å². The number of aliphatic carboxylic acids is 1. The summed E-state index contributed by atoms with van der Waals surface area (Å²) in [5, 5.41) is 9.53. The number of rotatable bonds is 2. The summed E-state index contributed by atoms with van der Waals surface area (Å²) in [4.78, 5) is 12.7. The molecular formula is C13H14O3S. The first-order valence-electron chi connectivity index (χ1n) is 5.86. The lowest BCUT2D eigenvalue weighted by atomic mass is 9.79. The van der Waals surface area contributed by atoms with E-state index in [-0.39, 0.29) is 0 Å². The molecule has 3 rings (SSSR count). The van der Waals surface area contributed by atoms with E-state index in [1.54, 1.807) is 11.8 Å². The van der Waals surface area contributed by atoms with Crippen LogP contribution in [0.3, 0.4) is 0 Å². The second-order valence-electron chi connectivity index (χ2n) is 4.66. The van der Waals surface area contributed by atoms with Crippen LogP contribution in [0.5, 0.6) is 5.75 Å². The van der Waals surface area contributed by atoms with Crippen LogP contribution < -0.4 is 4.74 Å². The fourth-order valence-corrected chi connectivity index (χ4v) is 3.59. The first kappa shape index (κ1) is 11.0. The van der Waals surface area contributed by atoms with Gasteiger partial charge in [0, 0.05) is 0 Å². The van der Waals surface area contributed by atoms with E-state index in [4.69, 9.17) is 4.74 Å². The minimum absolute atomic E-state index is 0.638. The Bertz CT molecular complexity index is 464. The molecule has 0 saturated heterocycles. The van der Waals surface area contributed by atoms with E-state index in [1.807, 2.05) is 18.2 Å². The summed E-state index contributed by atoms with van der Waals surface area (Å²) < 4.78 is 5.43. The van der Waals surface area contributed by atoms with Crippen molar-refractivity contribution in [1.82, 2.24) is 0 Å². The summed E-state index contributed by atoms with van der Waals surface area (Å²) in [5.74, 6) is 0.843. The third-order valence-corrected chi connectivity index (χ3v) is 4.66. The summed E-state index contributed by atoms with van der Waals surface area (Å²) in [6.45, 7) is 0. The van der Waals surface area contributed by atoms with Crippen LogP contribution in [-0.4, -0.2) is 17.0 Å². The lowest BCUT2D eigenvalue weighted by Gasteiger charge is -2.24. The first-order valence-corrected chi connectivity index (χ1v) is 6.84. The van der Waals surface area contributed by atoms with Gasteiger partial charge in [0.15, 0.2) is 0 Å². The van der Waals surface area contributed by atoms with Gasteiger partial charge in [-0.05, 0) is 30.5 Å². The standard InChI is InChI=1S/C13H14O3S/c14-12(15)13(5-1-2-6-13)9-3-4-10-11(7-9)17-8-16-10/h3-4,7H,1-2,5-6,8H2,(H,14,15). The van der Waals surface area contributed by atoms with Gasteiger partial charge in [0.2, 0.25) is 0 Å². The van der Waals surface area contributed by atoms with Crippen molar-refractivity contribution in [3.05, 3.63) is 23.8 Å². The lowest BCUT2D eigenvalue weighted by molar-refractivity contribution is -0.143. The highest BCUT2D eigenvalue weighted by Crippen LogP contribution is 2.45. The number of ether oxygens (including phenoxy) is 1. The van der Waals surface area contributed by atoms with Crippen molar-refractivity contribution in [2.24, 2.45) is 0 Å². The Kier molecular flexibility index (Phi) is 2.54. The van der Waals surface area contributed by atoms with Crippen LogP contribution in [-0.2, 0) is 10.2 Å². The minimum Gasteiger partial charge on any atom is -0.481 e. The quantitative estimate of drug-likeness (QED) is 0.876. The molecule has 1 saturated carbocycles. The molecule has 1 aliphatic heterocycles. The zero-order valence-electron chi connectivity index (χ0n) is 9.44. The highest BCUT2D eigenvalue weighted by Gasteiger charge is 2.43. The van der Waals surface area contributed by atoms with Crippen LogP contribution >= 0.6 is 11.8 Å². The Balaban J connectivity index is 2.05. The van der Waals surface area contributed by atoms with Gasteiger partial charge in [-0.3, -0.25) is 4.79 Å². The Morgan fingerprint density at radius 3 is 2.82 bits per heavy atom. The number of hydrogen-bond donors (Lipinski definition) is 1. The Labute approximate surface area is 104 Å². The number of carboxylic acid groups (broad SMARTS) is 1. The van der Waals surface area contributed by atoms with Gasteiger partial charge in [0.1, 0.15) is 11.7 Å². The van der Waals surface area contributed by atoms with E-state index in [2.05, 4.69) is 0 Å². The van der Waals surface area contributed by atoms with Gasteiger partial charge in [-0.2, -0.15) is 0 Å². The maximum Gasteiger partial charge on any atom is 0.314 e. The number of carbonyl (C=O) groups is 1. The third kappa shape index (κ3) is 1.62. The number of hydrogen-bond acceptors (Lipinski definition) is 3. The number of benzene rings is 1. The van der Waals surface area contributed by atoms with Crippen molar-refractivity contribution < 1.29 is 14.6 Å². The summed E-state index contributed by atoms with van der Waals surface area (Å²) in [7, 11) is 0. The fourth-order valence-electron chi connectivity index (χ4n) is 2.80.